The molecule has 0 bridgehead atoms. The summed E-state index contributed by atoms with van der Waals surface area (Å²) >= 11 is 0. The highest BCUT2D eigenvalue weighted by molar-refractivity contribution is 5.99. The van der Waals surface area contributed by atoms with E-state index in [2.05, 4.69) is 6.92 Å². The largest absolute Gasteiger partial charge is 0.494 e. The number of fused-ring (bicyclic) bond motifs is 2. The molecule has 0 unspecified atom stereocenters. The summed E-state index contributed by atoms with van der Waals surface area (Å²) in [4.78, 5) is 28.2. The number of unbranched alkanes of at least 4 members (excludes halogenated alkanes) is 3. The van der Waals surface area contributed by atoms with Gasteiger partial charge in [-0.15, -0.1) is 0 Å². The fourth-order valence-electron chi connectivity index (χ4n) is 4.25. The summed E-state index contributed by atoms with van der Waals surface area (Å²) in [7, 11) is 0. The van der Waals surface area contributed by atoms with E-state index in [1.807, 2.05) is 37.3 Å². The normalized spacial score (nSPS) is 15.5. The van der Waals surface area contributed by atoms with Gasteiger partial charge in [0.05, 0.1) is 23.6 Å². The van der Waals surface area contributed by atoms with Gasteiger partial charge in [0.1, 0.15) is 11.3 Å². The first-order valence-electron chi connectivity index (χ1n) is 11.2. The highest BCUT2D eigenvalue weighted by Gasteiger charge is 2.42. The molecule has 4 rings (SSSR count). The Labute approximate surface area is 182 Å². The minimum absolute atomic E-state index is 0.134. The van der Waals surface area contributed by atoms with Crippen LogP contribution in [0.4, 0.5) is 0 Å². The second-order valence-electron chi connectivity index (χ2n) is 8.05. The number of hydrogen-bond donors (Lipinski definition) is 0. The quantitative estimate of drug-likeness (QED) is 0.417. The number of carbonyl (C=O) groups is 1. The Morgan fingerprint density at radius 3 is 2.45 bits per heavy atom. The maximum atomic E-state index is 13.3. The van der Waals surface area contributed by atoms with Gasteiger partial charge in [0.15, 0.2) is 5.43 Å². The summed E-state index contributed by atoms with van der Waals surface area (Å²) in [5, 5.41) is 0.504. The van der Waals surface area contributed by atoms with E-state index in [4.69, 9.17) is 9.15 Å². The van der Waals surface area contributed by atoms with Crippen LogP contribution in [-0.4, -0.2) is 24.0 Å². The van der Waals surface area contributed by atoms with E-state index in [1.165, 1.54) is 19.3 Å². The molecule has 5 heteroatoms. The van der Waals surface area contributed by atoms with E-state index in [0.717, 1.165) is 24.2 Å². The van der Waals surface area contributed by atoms with E-state index in [0.29, 0.717) is 29.7 Å². The standard InChI is InChI=1S/C26H29NO4/c1-3-5-6-9-17-30-19-14-12-18(13-15-19)23-22-24(28)20-10-7-8-11-21(20)31-25(22)26(29)27(23)16-4-2/h7-8,10-15,23H,3-6,9,16-17H2,1-2H3/t23-/m1/s1. The number of nitrogens with zero attached hydrogens (tertiary/aromatic N) is 1. The van der Waals surface area contributed by atoms with Crippen molar-refractivity contribution in [2.75, 3.05) is 13.2 Å². The van der Waals surface area contributed by atoms with Crippen molar-refractivity contribution in [1.82, 2.24) is 4.90 Å². The fourth-order valence-corrected chi connectivity index (χ4v) is 4.25. The molecular weight excluding hydrogens is 390 g/mol. The van der Waals surface area contributed by atoms with Gasteiger partial charge in [-0.2, -0.15) is 0 Å². The molecule has 1 aromatic heterocycles. The summed E-state index contributed by atoms with van der Waals surface area (Å²) in [6.45, 7) is 5.46. The van der Waals surface area contributed by atoms with Crippen LogP contribution in [0.2, 0.25) is 0 Å². The summed E-state index contributed by atoms with van der Waals surface area (Å²) in [5.74, 6) is 0.747. The third-order valence-corrected chi connectivity index (χ3v) is 5.80. The van der Waals surface area contributed by atoms with Crippen molar-refractivity contribution in [2.45, 2.75) is 52.0 Å². The number of ether oxygens (including phenoxy) is 1. The molecule has 2 aromatic carbocycles. The number of carbonyl (C=O) groups excluding carboxylic acids is 1. The Kier molecular flexibility index (Phi) is 6.40. The average molecular weight is 420 g/mol. The van der Waals surface area contributed by atoms with Crippen molar-refractivity contribution in [3.63, 3.8) is 0 Å². The monoisotopic (exact) mass is 419 g/mol. The van der Waals surface area contributed by atoms with Gasteiger partial charge in [-0.3, -0.25) is 9.59 Å². The topological polar surface area (TPSA) is 59.8 Å². The lowest BCUT2D eigenvalue weighted by molar-refractivity contribution is 0.0728. The Morgan fingerprint density at radius 2 is 1.71 bits per heavy atom. The number of para-hydroxylation sites is 1. The van der Waals surface area contributed by atoms with Gasteiger partial charge in [-0.1, -0.05) is 57.4 Å². The lowest BCUT2D eigenvalue weighted by Gasteiger charge is -2.24. The second-order valence-corrected chi connectivity index (χ2v) is 8.05. The van der Waals surface area contributed by atoms with Crippen LogP contribution in [0.3, 0.4) is 0 Å². The van der Waals surface area contributed by atoms with E-state index in [1.54, 1.807) is 23.1 Å². The lowest BCUT2D eigenvalue weighted by Crippen LogP contribution is -2.30. The molecule has 1 atom stereocenters. The minimum atomic E-state index is -0.443. The Balaban J connectivity index is 1.66. The molecule has 162 valence electrons. The molecule has 0 radical (unpaired) electrons. The summed E-state index contributed by atoms with van der Waals surface area (Å²) in [6, 6.07) is 14.4. The highest BCUT2D eigenvalue weighted by Crippen LogP contribution is 2.38. The Hall–Kier alpha value is -3.08. The molecule has 0 fully saturated rings. The average Bonchev–Trinajstić information content (AvgIpc) is 3.07. The van der Waals surface area contributed by atoms with E-state index in [9.17, 15) is 9.59 Å². The van der Waals surface area contributed by atoms with Crippen molar-refractivity contribution < 1.29 is 13.9 Å². The maximum Gasteiger partial charge on any atom is 0.290 e. The maximum absolute atomic E-state index is 13.3. The van der Waals surface area contributed by atoms with Crippen LogP contribution in [0.15, 0.2) is 57.7 Å². The third-order valence-electron chi connectivity index (χ3n) is 5.80. The molecule has 3 aromatic rings. The summed E-state index contributed by atoms with van der Waals surface area (Å²) < 4.78 is 11.8. The zero-order chi connectivity index (χ0) is 21.8. The molecule has 31 heavy (non-hydrogen) atoms. The van der Waals surface area contributed by atoms with Crippen molar-refractivity contribution >= 4 is 16.9 Å². The Bertz CT molecular complexity index is 1120. The van der Waals surface area contributed by atoms with Crippen LogP contribution < -0.4 is 10.2 Å². The fraction of sp³-hybridized carbons (Fsp3) is 0.385. The number of amides is 1. The molecule has 1 aliphatic heterocycles. The van der Waals surface area contributed by atoms with E-state index >= 15 is 0 Å². The minimum Gasteiger partial charge on any atom is -0.494 e. The molecule has 0 saturated carbocycles. The molecule has 1 amide bonds. The predicted octanol–water partition coefficient (Wildman–Crippen LogP) is 5.71. The number of benzene rings is 2. The van der Waals surface area contributed by atoms with E-state index in [-0.39, 0.29) is 17.1 Å². The third kappa shape index (κ3) is 4.09. The van der Waals surface area contributed by atoms with Crippen LogP contribution in [-0.2, 0) is 0 Å². The number of hydrogen-bond acceptors (Lipinski definition) is 4. The molecule has 1 aliphatic rings. The smallest absolute Gasteiger partial charge is 0.290 e. The van der Waals surface area contributed by atoms with Gasteiger partial charge in [0.25, 0.3) is 5.91 Å². The molecule has 0 spiro atoms. The van der Waals surface area contributed by atoms with Crippen LogP contribution in [0.25, 0.3) is 11.0 Å². The van der Waals surface area contributed by atoms with Crippen molar-refractivity contribution in [3.05, 3.63) is 75.6 Å². The van der Waals surface area contributed by atoms with Gasteiger partial charge in [-0.05, 0) is 42.7 Å². The molecule has 0 saturated heterocycles. The van der Waals surface area contributed by atoms with Gasteiger partial charge in [-0.25, -0.2) is 0 Å². The van der Waals surface area contributed by atoms with E-state index < -0.39 is 6.04 Å². The first kappa shape index (κ1) is 21.2. The summed E-state index contributed by atoms with van der Waals surface area (Å²) in [5.41, 5.74) is 1.64. The molecular formula is C26H29NO4. The zero-order valence-corrected chi connectivity index (χ0v) is 18.2. The number of rotatable bonds is 9. The SMILES string of the molecule is CCCCCCOc1ccc([C@@H]2c3c(oc4ccccc4c3=O)C(=O)N2CCC)cc1. The molecule has 5 nitrogen and oxygen atoms in total. The van der Waals surface area contributed by atoms with Crippen molar-refractivity contribution in [3.8, 4) is 5.75 Å². The zero-order valence-electron chi connectivity index (χ0n) is 18.2. The van der Waals surface area contributed by atoms with Crippen LogP contribution in [0, 0.1) is 0 Å². The first-order chi connectivity index (χ1) is 15.2. The first-order valence-corrected chi connectivity index (χ1v) is 11.2. The van der Waals surface area contributed by atoms with Crippen molar-refractivity contribution in [2.24, 2.45) is 0 Å². The van der Waals surface area contributed by atoms with Gasteiger partial charge in [0, 0.05) is 6.54 Å². The van der Waals surface area contributed by atoms with Gasteiger partial charge < -0.3 is 14.1 Å². The van der Waals surface area contributed by atoms with Crippen LogP contribution in [0.1, 0.15) is 73.7 Å². The molecule has 0 N–H and O–H groups in total. The lowest BCUT2D eigenvalue weighted by atomic mass is 9.98. The summed E-state index contributed by atoms with van der Waals surface area (Å²) in [6.07, 6.45) is 5.43. The van der Waals surface area contributed by atoms with Gasteiger partial charge >= 0.3 is 0 Å². The second kappa shape index (κ2) is 9.38. The highest BCUT2D eigenvalue weighted by atomic mass is 16.5. The molecule has 0 aliphatic carbocycles. The van der Waals surface area contributed by atoms with Crippen molar-refractivity contribution in [1.29, 1.82) is 0 Å². The van der Waals surface area contributed by atoms with Crippen LogP contribution >= 0.6 is 0 Å². The predicted molar refractivity (Wildman–Crippen MR) is 122 cm³/mol. The Morgan fingerprint density at radius 1 is 0.935 bits per heavy atom. The van der Waals surface area contributed by atoms with Gasteiger partial charge in [0.2, 0.25) is 5.76 Å². The molecule has 2 heterocycles. The van der Waals surface area contributed by atoms with Crippen LogP contribution in [0.5, 0.6) is 5.75 Å².